The number of phosphoric ester groups is 2. The van der Waals surface area contributed by atoms with Crippen LogP contribution in [0.25, 0.3) is 0 Å². The van der Waals surface area contributed by atoms with E-state index in [-0.39, 0.29) is 25.7 Å². The zero-order chi connectivity index (χ0) is 49.4. The molecule has 1 fully saturated rings. The van der Waals surface area contributed by atoms with E-state index in [4.69, 9.17) is 28.3 Å². The summed E-state index contributed by atoms with van der Waals surface area (Å²) in [6, 6.07) is 0. The second-order valence-electron chi connectivity index (χ2n) is 16.3. The molecule has 0 aromatic rings. The molecule has 382 valence electrons. The minimum atomic E-state index is -5.41. The van der Waals surface area contributed by atoms with Crippen molar-refractivity contribution < 1.29 is 92.2 Å². The Hall–Kier alpha value is -2.42. The Kier molecular flexibility index (Phi) is 33.3. The van der Waals surface area contributed by atoms with Crippen molar-refractivity contribution >= 4 is 27.6 Å². The van der Waals surface area contributed by atoms with Crippen LogP contribution in [0.2, 0.25) is 0 Å². The van der Waals surface area contributed by atoms with E-state index in [0.29, 0.717) is 12.8 Å². The monoisotopic (exact) mass is 984 g/mol. The van der Waals surface area contributed by atoms with Gasteiger partial charge in [-0.05, 0) is 32.1 Å². The minimum absolute atomic E-state index is 0.0212. The fourth-order valence-corrected chi connectivity index (χ4v) is 8.26. The van der Waals surface area contributed by atoms with Gasteiger partial charge in [0.25, 0.3) is 0 Å². The maximum atomic E-state index is 13.0. The molecule has 11 atom stereocenters. The number of esters is 2. The molecule has 0 bridgehead atoms. The van der Waals surface area contributed by atoms with Crippen LogP contribution in [0.15, 0.2) is 60.8 Å². The summed E-state index contributed by atoms with van der Waals surface area (Å²) in [6.07, 6.45) is 13.9. The molecule has 1 aliphatic carbocycles. The van der Waals surface area contributed by atoms with Gasteiger partial charge in [-0.25, -0.2) is 9.13 Å². The van der Waals surface area contributed by atoms with Crippen LogP contribution in [-0.4, -0.2) is 137 Å². The van der Waals surface area contributed by atoms with Gasteiger partial charge in [-0.15, -0.1) is 0 Å². The predicted molar refractivity (Wildman–Crippen MR) is 245 cm³/mol. The number of ether oxygens (including phenoxy) is 2. The SMILES string of the molecule is CC/C=C\C[C@H](O)/C=C/C=C/C=C\C=C/[C@@H](O)[C@H](O)CCCC(=O)O[C@H](COC(=O)CCCCCCCCCCCCCCC)COP(=O)(O)O[C@H]1C(O)C(O)C(O)[C@@H](OP(=O)(O)O)C1O. The van der Waals surface area contributed by atoms with Crippen LogP contribution in [0.5, 0.6) is 0 Å². The van der Waals surface area contributed by atoms with Gasteiger partial charge in [-0.3, -0.25) is 23.2 Å². The van der Waals surface area contributed by atoms with Crippen LogP contribution < -0.4 is 0 Å². The van der Waals surface area contributed by atoms with E-state index in [1.54, 1.807) is 36.5 Å². The van der Waals surface area contributed by atoms with Crippen LogP contribution in [0.1, 0.15) is 136 Å². The van der Waals surface area contributed by atoms with Gasteiger partial charge in [-0.1, -0.05) is 152 Å². The van der Waals surface area contributed by atoms with Gasteiger partial charge >= 0.3 is 27.6 Å². The number of allylic oxidation sites excluding steroid dienone is 7. The van der Waals surface area contributed by atoms with Crippen LogP contribution in [0, 0.1) is 0 Å². The van der Waals surface area contributed by atoms with Crippen molar-refractivity contribution in [1.29, 1.82) is 0 Å². The average Bonchev–Trinajstić information content (AvgIpc) is 3.26. The molecular weight excluding hydrogens is 906 g/mol. The molecular formula is C45H78O19P2. The Morgan fingerprint density at radius 2 is 1.11 bits per heavy atom. The number of rotatable bonds is 37. The highest BCUT2D eigenvalue weighted by atomic mass is 31.2. The number of phosphoric acid groups is 2. The third-order valence-electron chi connectivity index (χ3n) is 10.4. The van der Waals surface area contributed by atoms with Crippen molar-refractivity contribution in [2.45, 2.75) is 197 Å². The molecule has 0 amide bonds. The first-order chi connectivity index (χ1) is 31.3. The molecule has 1 aliphatic rings. The number of aliphatic hydroxyl groups is 7. The second kappa shape index (κ2) is 35.7. The van der Waals surface area contributed by atoms with Crippen molar-refractivity contribution in [2.75, 3.05) is 13.2 Å². The lowest BCUT2D eigenvalue weighted by molar-refractivity contribution is -0.216. The summed E-state index contributed by atoms with van der Waals surface area (Å²) in [7, 11) is -10.8. The van der Waals surface area contributed by atoms with Gasteiger partial charge in [0.1, 0.15) is 43.2 Å². The fourth-order valence-electron chi connectivity index (χ4n) is 6.72. The molecule has 0 heterocycles. The summed E-state index contributed by atoms with van der Waals surface area (Å²) in [4.78, 5) is 54.3. The number of hydrogen-bond acceptors (Lipinski definition) is 16. The van der Waals surface area contributed by atoms with E-state index < -0.39 is 102 Å². The molecule has 21 heteroatoms. The predicted octanol–water partition coefficient (Wildman–Crippen LogP) is 5.19. The lowest BCUT2D eigenvalue weighted by Crippen LogP contribution is -2.64. The molecule has 19 nitrogen and oxygen atoms in total. The molecule has 0 aromatic heterocycles. The van der Waals surface area contributed by atoms with Crippen molar-refractivity contribution in [3.63, 3.8) is 0 Å². The summed E-state index contributed by atoms with van der Waals surface area (Å²) < 4.78 is 49.1. The third kappa shape index (κ3) is 29.5. The highest BCUT2D eigenvalue weighted by molar-refractivity contribution is 7.47. The van der Waals surface area contributed by atoms with Crippen LogP contribution >= 0.6 is 15.6 Å². The Bertz CT molecular complexity index is 1560. The summed E-state index contributed by atoms with van der Waals surface area (Å²) in [5.74, 6) is -1.54. The van der Waals surface area contributed by atoms with Crippen molar-refractivity contribution in [3.8, 4) is 0 Å². The van der Waals surface area contributed by atoms with Crippen LogP contribution in [-0.2, 0) is 41.8 Å². The van der Waals surface area contributed by atoms with Crippen molar-refractivity contribution in [3.05, 3.63) is 60.8 Å². The normalized spacial score (nSPS) is 23.5. The molecule has 0 aliphatic heterocycles. The molecule has 0 aromatic carbocycles. The molecule has 0 spiro atoms. The van der Waals surface area contributed by atoms with E-state index in [2.05, 4.69) is 11.4 Å². The van der Waals surface area contributed by atoms with Gasteiger partial charge < -0.3 is 59.9 Å². The van der Waals surface area contributed by atoms with Gasteiger partial charge in [0.2, 0.25) is 0 Å². The van der Waals surface area contributed by atoms with E-state index in [1.165, 1.54) is 63.5 Å². The summed E-state index contributed by atoms with van der Waals surface area (Å²) in [5, 5.41) is 71.8. The van der Waals surface area contributed by atoms with Gasteiger partial charge in [-0.2, -0.15) is 0 Å². The zero-order valence-electron chi connectivity index (χ0n) is 38.4. The highest BCUT2D eigenvalue weighted by Gasteiger charge is 2.54. The second-order valence-corrected chi connectivity index (χ2v) is 18.9. The number of unbranched alkanes of at least 4 members (excludes halogenated alkanes) is 12. The summed E-state index contributed by atoms with van der Waals surface area (Å²) in [5.41, 5.74) is 0. The molecule has 66 heavy (non-hydrogen) atoms. The minimum Gasteiger partial charge on any atom is -0.462 e. The summed E-state index contributed by atoms with van der Waals surface area (Å²) >= 11 is 0. The molecule has 0 radical (unpaired) electrons. The zero-order valence-corrected chi connectivity index (χ0v) is 40.2. The Labute approximate surface area is 389 Å². The average molecular weight is 985 g/mol. The lowest BCUT2D eigenvalue weighted by atomic mass is 9.85. The van der Waals surface area contributed by atoms with Crippen LogP contribution in [0.3, 0.4) is 0 Å². The number of carbonyl (C=O) groups is 2. The lowest BCUT2D eigenvalue weighted by Gasteiger charge is -2.43. The van der Waals surface area contributed by atoms with E-state index in [0.717, 1.165) is 32.1 Å². The Morgan fingerprint density at radius 1 is 0.591 bits per heavy atom. The first-order valence-corrected chi connectivity index (χ1v) is 26.2. The third-order valence-corrected chi connectivity index (χ3v) is 12.0. The van der Waals surface area contributed by atoms with E-state index in [9.17, 15) is 59.4 Å². The number of hydrogen-bond donors (Lipinski definition) is 10. The van der Waals surface area contributed by atoms with Gasteiger partial charge in [0.15, 0.2) is 6.10 Å². The Morgan fingerprint density at radius 3 is 1.67 bits per heavy atom. The van der Waals surface area contributed by atoms with Gasteiger partial charge in [0.05, 0.1) is 24.9 Å². The van der Waals surface area contributed by atoms with Crippen LogP contribution in [0.4, 0.5) is 0 Å². The largest absolute Gasteiger partial charge is 0.472 e. The molecule has 10 N–H and O–H groups in total. The fraction of sp³-hybridized carbons (Fsp3) is 0.733. The topological polar surface area (TPSA) is 317 Å². The Balaban J connectivity index is 2.76. The quantitative estimate of drug-likeness (QED) is 0.0126. The molecule has 1 rings (SSSR count). The van der Waals surface area contributed by atoms with Crippen molar-refractivity contribution in [2.24, 2.45) is 0 Å². The number of carbonyl (C=O) groups excluding carboxylic acids is 2. The highest BCUT2D eigenvalue weighted by Crippen LogP contribution is 2.49. The smallest absolute Gasteiger partial charge is 0.462 e. The molecule has 5 unspecified atom stereocenters. The van der Waals surface area contributed by atoms with Crippen molar-refractivity contribution in [1.82, 2.24) is 0 Å². The maximum absolute atomic E-state index is 13.0. The first kappa shape index (κ1) is 61.6. The molecule has 0 saturated heterocycles. The maximum Gasteiger partial charge on any atom is 0.472 e. The standard InChI is InChI=1S/C45H78O19P2/c1-3-5-7-8-9-10-11-12-13-14-15-20-24-30-38(49)60-32-35(33-61-66(58,59)64-45-42(53)40(51)41(52)44(43(45)54)63-65(55,56)57)62-39(50)31-25-29-37(48)36(47)28-23-19-17-16-18-22-27-34(46)26-21-6-4-2/h6,16-19,21-23,27-28,34-37,40-48,51-54H,3-5,7-15,20,24-26,29-33H2,1-2H3,(H,58,59)(H2,55,56,57)/b18-16+,19-17-,21-6-,27-22+,28-23-/t34-,35+,36+,37+,40?,41?,42?,43?,44+,45-/m0/s1. The first-order valence-electron chi connectivity index (χ1n) is 23.2. The van der Waals surface area contributed by atoms with E-state index >= 15 is 0 Å². The number of aliphatic hydroxyl groups excluding tert-OH is 7. The molecule has 1 saturated carbocycles. The summed E-state index contributed by atoms with van der Waals surface area (Å²) in [6.45, 7) is 2.61. The van der Waals surface area contributed by atoms with E-state index in [1.807, 2.05) is 19.1 Å². The van der Waals surface area contributed by atoms with Gasteiger partial charge in [0, 0.05) is 12.8 Å².